The third-order valence-electron chi connectivity index (χ3n) is 11.4. The fourth-order valence-corrected chi connectivity index (χ4v) is 9.22. The highest BCUT2D eigenvalue weighted by molar-refractivity contribution is 5.98. The van der Waals surface area contributed by atoms with E-state index >= 15 is 0 Å². The molecule has 2 aliphatic carbocycles. The van der Waals surface area contributed by atoms with Gasteiger partial charge in [0.05, 0.1) is 22.9 Å². The first-order chi connectivity index (χ1) is 23.5. The summed E-state index contributed by atoms with van der Waals surface area (Å²) < 4.78 is 14.5. The third-order valence-corrected chi connectivity index (χ3v) is 11.4. The maximum atomic E-state index is 13.8. The lowest BCUT2D eigenvalue weighted by Crippen LogP contribution is -2.64. The molecule has 8 rings (SSSR count). The first-order valence-electron chi connectivity index (χ1n) is 17.2. The number of esters is 1. The quantitative estimate of drug-likeness (QED) is 0.195. The second-order valence-corrected chi connectivity index (χ2v) is 14.6. The largest absolute Gasteiger partial charge is 0.504 e. The summed E-state index contributed by atoms with van der Waals surface area (Å²) in [6.07, 6.45) is 10.1. The Labute approximate surface area is 287 Å². The second-order valence-electron chi connectivity index (χ2n) is 14.6. The molecule has 5 atom stereocenters. The highest BCUT2D eigenvalue weighted by Gasteiger charge is 2.64. The molecule has 0 saturated carbocycles. The van der Waals surface area contributed by atoms with Crippen LogP contribution in [0.2, 0.25) is 0 Å². The van der Waals surface area contributed by atoms with Crippen molar-refractivity contribution in [3.63, 3.8) is 0 Å². The normalized spacial score (nSPS) is 25.4. The van der Waals surface area contributed by atoms with E-state index in [4.69, 9.17) is 9.47 Å². The van der Waals surface area contributed by atoms with Gasteiger partial charge in [-0.05, 0) is 107 Å². The molecule has 49 heavy (non-hydrogen) atoms. The molecule has 1 spiro atoms. The summed E-state index contributed by atoms with van der Waals surface area (Å²) in [5.41, 5.74) is 8.53. The highest BCUT2D eigenvalue weighted by Crippen LogP contribution is 2.63. The van der Waals surface area contributed by atoms with Crippen LogP contribution in [0.4, 0.5) is 5.82 Å². The number of anilines is 1. The van der Waals surface area contributed by atoms with Gasteiger partial charge in [0.1, 0.15) is 18.0 Å². The fourth-order valence-electron chi connectivity index (χ4n) is 9.22. The number of aromatic hydroxyl groups is 1. The molecule has 0 unspecified atom stereocenters. The molecule has 2 aliphatic heterocycles. The Balaban J connectivity index is 1.39. The molecule has 0 amide bonds. The van der Waals surface area contributed by atoms with E-state index in [1.165, 1.54) is 0 Å². The molecule has 4 aliphatic rings. The van der Waals surface area contributed by atoms with Crippen LogP contribution >= 0.6 is 0 Å². The van der Waals surface area contributed by atoms with Crippen LogP contribution in [0, 0.1) is 12.8 Å². The summed E-state index contributed by atoms with van der Waals surface area (Å²) in [5, 5.41) is 22.9. The van der Waals surface area contributed by atoms with Crippen molar-refractivity contribution in [1.29, 1.82) is 0 Å². The Morgan fingerprint density at radius 1 is 1.18 bits per heavy atom. The van der Waals surface area contributed by atoms with Crippen molar-refractivity contribution in [1.82, 2.24) is 14.3 Å². The number of hydrogen-bond donors (Lipinski definition) is 2. The first-order valence-corrected chi connectivity index (χ1v) is 17.2. The Bertz CT molecular complexity index is 2090. The molecule has 0 radical (unpaired) electrons. The number of hydrogen-bond acceptors (Lipinski definition) is 8. The molecule has 1 fully saturated rings. The van der Waals surface area contributed by atoms with Gasteiger partial charge in [0.2, 0.25) is 0 Å². The van der Waals surface area contributed by atoms with Crippen LogP contribution in [-0.2, 0) is 16.6 Å². The van der Waals surface area contributed by atoms with Crippen molar-refractivity contribution < 1.29 is 24.5 Å². The van der Waals surface area contributed by atoms with Crippen molar-refractivity contribution in [3.05, 3.63) is 94.5 Å². The Hall–Kier alpha value is -4.60. The molecule has 9 nitrogen and oxygen atoms in total. The topological polar surface area (TPSA) is 99.8 Å². The monoisotopic (exact) mass is 660 g/mol. The van der Waals surface area contributed by atoms with Crippen molar-refractivity contribution in [2.45, 2.75) is 70.3 Å². The number of aliphatic hydroxyl groups excluding tert-OH is 1. The number of nitrogens with zero attached hydrogens (tertiary/aromatic N) is 4. The maximum Gasteiger partial charge on any atom is 0.338 e. The lowest BCUT2D eigenvalue weighted by atomic mass is 9.53. The first kappa shape index (κ1) is 31.7. The minimum absolute atomic E-state index is 0.0747. The molecule has 2 N–H and O–H groups in total. The van der Waals surface area contributed by atoms with Crippen LogP contribution in [0.5, 0.6) is 11.5 Å². The molecule has 2 bridgehead atoms. The van der Waals surface area contributed by atoms with E-state index in [1.54, 1.807) is 6.20 Å². The lowest BCUT2D eigenvalue weighted by molar-refractivity contribution is -0.0453. The van der Waals surface area contributed by atoms with Crippen LogP contribution in [0.15, 0.2) is 61.0 Å². The molecule has 1 aromatic carbocycles. The van der Waals surface area contributed by atoms with Crippen LogP contribution < -0.4 is 9.64 Å². The van der Waals surface area contributed by atoms with Crippen LogP contribution in [0.1, 0.15) is 65.5 Å². The number of aliphatic hydroxyl groups is 1. The summed E-state index contributed by atoms with van der Waals surface area (Å²) in [6, 6.07) is 10.1. The molecule has 5 heterocycles. The Morgan fingerprint density at radius 2 is 1.98 bits per heavy atom. The number of likely N-dealkylation sites (N-methyl/N-ethyl adjacent to an activating group) is 1. The predicted molar refractivity (Wildman–Crippen MR) is 191 cm³/mol. The summed E-state index contributed by atoms with van der Waals surface area (Å²) >= 11 is 0. The number of ether oxygens (including phenoxy) is 2. The van der Waals surface area contributed by atoms with E-state index in [-0.39, 0.29) is 29.8 Å². The van der Waals surface area contributed by atoms with Crippen molar-refractivity contribution in [2.24, 2.45) is 5.92 Å². The van der Waals surface area contributed by atoms with Gasteiger partial charge in [0, 0.05) is 60.6 Å². The van der Waals surface area contributed by atoms with E-state index < -0.39 is 17.6 Å². The summed E-state index contributed by atoms with van der Waals surface area (Å²) in [5.74, 6) is 1.20. The second kappa shape index (κ2) is 11.2. The number of fused-ring (bicyclic) bond motifs is 1. The summed E-state index contributed by atoms with van der Waals surface area (Å²) in [4.78, 5) is 22.7. The van der Waals surface area contributed by atoms with Gasteiger partial charge in [-0.2, -0.15) is 0 Å². The number of carbonyl (C=O) groups is 1. The molecule has 254 valence electrons. The molecule has 9 heteroatoms. The molecular formula is C40H44N4O5. The SMILES string of the molecule is CC=C(c1cc(O)c2c3c1C[C@@H]1[C@@H]4C=C[C@H](O)[C@H](O2)[C@]34CCN1C)c1c(C)c(C(=O)OC(C)C)cc2c(-c3ccnc(N(C)C)c3)ccn12. The van der Waals surface area contributed by atoms with E-state index in [0.29, 0.717) is 11.3 Å². The number of phenols is 1. The molecule has 3 aromatic heterocycles. The standard InChI is InChI=1S/C40H44N4O5/c1-8-24(27-20-33(46)37-35-28(27)19-31-29-9-10-32(45)38(49-37)40(29,35)13-16-43(31)7)36-22(4)26(39(47)48-21(2)3)18-30-25(12-15-44(30)36)23-11-14-41-34(17-23)42(5)6/h8-12,14-15,17-18,20-21,29,31-32,38,45-46H,13,16,19H2,1-7H3/t29-,31+,32-,38-,40-/m0/s1. The number of piperidine rings is 1. The zero-order valence-corrected chi connectivity index (χ0v) is 29.2. The minimum atomic E-state index is -0.757. The average molecular weight is 661 g/mol. The number of aromatic nitrogens is 2. The summed E-state index contributed by atoms with van der Waals surface area (Å²) in [7, 11) is 6.12. The highest BCUT2D eigenvalue weighted by atomic mass is 16.5. The van der Waals surface area contributed by atoms with Crippen molar-refractivity contribution in [2.75, 3.05) is 32.6 Å². The van der Waals surface area contributed by atoms with Gasteiger partial charge in [-0.3, -0.25) is 0 Å². The molecule has 4 aromatic rings. The van der Waals surface area contributed by atoms with Gasteiger partial charge in [0.15, 0.2) is 11.5 Å². The van der Waals surface area contributed by atoms with Gasteiger partial charge in [-0.1, -0.05) is 18.2 Å². The zero-order valence-electron chi connectivity index (χ0n) is 29.2. The van der Waals surface area contributed by atoms with E-state index in [9.17, 15) is 15.0 Å². The number of phenolic OH excluding ortho intramolecular Hbond substituents is 1. The van der Waals surface area contributed by atoms with Crippen molar-refractivity contribution in [3.8, 4) is 22.6 Å². The Kier molecular flexibility index (Phi) is 7.25. The average Bonchev–Trinajstić information content (AvgIpc) is 3.65. The van der Waals surface area contributed by atoms with Gasteiger partial charge in [0.25, 0.3) is 0 Å². The van der Waals surface area contributed by atoms with Gasteiger partial charge >= 0.3 is 5.97 Å². The van der Waals surface area contributed by atoms with E-state index in [0.717, 1.165) is 75.4 Å². The number of likely N-dealkylation sites (tertiary alicyclic amines) is 1. The predicted octanol–water partition coefficient (Wildman–Crippen LogP) is 5.90. The van der Waals surface area contributed by atoms with Crippen LogP contribution in [0.3, 0.4) is 0 Å². The van der Waals surface area contributed by atoms with Gasteiger partial charge in [-0.15, -0.1) is 0 Å². The number of carbonyl (C=O) groups excluding carboxylic acids is 1. The van der Waals surface area contributed by atoms with Gasteiger partial charge in [-0.25, -0.2) is 9.78 Å². The van der Waals surface area contributed by atoms with E-state index in [2.05, 4.69) is 51.8 Å². The molecule has 1 saturated heterocycles. The summed E-state index contributed by atoms with van der Waals surface area (Å²) in [6.45, 7) is 8.59. The lowest BCUT2D eigenvalue weighted by Gasteiger charge is -2.56. The van der Waals surface area contributed by atoms with Gasteiger partial charge < -0.3 is 33.9 Å². The maximum absolute atomic E-state index is 13.8. The Morgan fingerprint density at radius 3 is 2.71 bits per heavy atom. The number of allylic oxidation sites excluding steroid dienone is 1. The molecular weight excluding hydrogens is 616 g/mol. The number of benzene rings is 1. The number of pyridine rings is 2. The zero-order chi connectivity index (χ0) is 34.5. The van der Waals surface area contributed by atoms with Crippen LogP contribution in [0.25, 0.3) is 22.2 Å². The van der Waals surface area contributed by atoms with E-state index in [1.807, 2.05) is 71.0 Å². The third kappa shape index (κ3) is 4.44. The smallest absolute Gasteiger partial charge is 0.338 e. The van der Waals surface area contributed by atoms with Crippen LogP contribution in [-0.4, -0.2) is 82.5 Å². The number of rotatable bonds is 6. The minimum Gasteiger partial charge on any atom is -0.504 e. The fraction of sp³-hybridized carbons (Fsp3) is 0.400. The van der Waals surface area contributed by atoms with Crippen molar-refractivity contribution >= 4 is 22.9 Å².